The first-order valence-corrected chi connectivity index (χ1v) is 7.00. The molecule has 0 spiro atoms. The number of amides is 1. The summed E-state index contributed by atoms with van der Waals surface area (Å²) in [7, 11) is 0. The van der Waals surface area contributed by atoms with Gasteiger partial charge in [0.2, 0.25) is 5.91 Å². The maximum absolute atomic E-state index is 11.8. The lowest BCUT2D eigenvalue weighted by Crippen LogP contribution is -2.31. The van der Waals surface area contributed by atoms with Crippen molar-refractivity contribution >= 4 is 11.7 Å². The number of nitrogens with zero attached hydrogens (tertiary/aromatic N) is 1. The van der Waals surface area contributed by atoms with Crippen LogP contribution in [0.25, 0.3) is 0 Å². The first-order valence-electron chi connectivity index (χ1n) is 7.00. The summed E-state index contributed by atoms with van der Waals surface area (Å²) >= 11 is 0. The summed E-state index contributed by atoms with van der Waals surface area (Å²) in [6.07, 6.45) is 2.99. The molecule has 104 valence electrons. The Bertz CT molecular complexity index is 500. The van der Waals surface area contributed by atoms with E-state index in [1.54, 1.807) is 0 Å². The Morgan fingerprint density at radius 2 is 2.16 bits per heavy atom. The first-order chi connectivity index (χ1) is 8.99. The molecule has 1 aliphatic rings. The molecule has 19 heavy (non-hydrogen) atoms. The van der Waals surface area contributed by atoms with Gasteiger partial charge >= 0.3 is 0 Å². The van der Waals surface area contributed by atoms with Crippen LogP contribution in [0.2, 0.25) is 0 Å². The molecule has 1 aromatic rings. The number of Topliss-reactive ketones (excluding diaryl/α,β-unsaturated/α-hetero) is 1. The summed E-state index contributed by atoms with van der Waals surface area (Å²) in [6.45, 7) is 6.58. The van der Waals surface area contributed by atoms with Gasteiger partial charge in [-0.05, 0) is 39.7 Å². The van der Waals surface area contributed by atoms with Gasteiger partial charge in [-0.25, -0.2) is 0 Å². The van der Waals surface area contributed by atoms with Crippen molar-refractivity contribution in [3.8, 4) is 0 Å². The number of hydrogen-bond acceptors (Lipinski definition) is 2. The lowest BCUT2D eigenvalue weighted by molar-refractivity contribution is -0.121. The Labute approximate surface area is 114 Å². The number of fused-ring (bicyclic) bond motifs is 1. The fourth-order valence-electron chi connectivity index (χ4n) is 2.71. The fraction of sp³-hybridized carbons (Fsp3) is 0.600. The summed E-state index contributed by atoms with van der Waals surface area (Å²) in [6, 6.07) is 2.14. The molecule has 0 fully saturated rings. The van der Waals surface area contributed by atoms with Crippen molar-refractivity contribution in [1.29, 1.82) is 0 Å². The van der Waals surface area contributed by atoms with Crippen LogP contribution in [0.4, 0.5) is 0 Å². The van der Waals surface area contributed by atoms with Crippen LogP contribution in [0.1, 0.15) is 54.9 Å². The van der Waals surface area contributed by atoms with Gasteiger partial charge in [-0.2, -0.15) is 0 Å². The Kier molecular flexibility index (Phi) is 4.08. The highest BCUT2D eigenvalue weighted by Crippen LogP contribution is 2.25. The minimum atomic E-state index is 0.0685. The largest absolute Gasteiger partial charge is 0.354 e. The van der Waals surface area contributed by atoms with E-state index in [9.17, 15) is 9.59 Å². The molecule has 0 aromatic carbocycles. The molecule has 1 N–H and O–H groups in total. The molecule has 0 unspecified atom stereocenters. The molecule has 0 atom stereocenters. The van der Waals surface area contributed by atoms with Gasteiger partial charge in [-0.15, -0.1) is 0 Å². The molecular formula is C15H22N2O2. The molecule has 1 heterocycles. The lowest BCUT2D eigenvalue weighted by atomic mass is 9.96. The maximum atomic E-state index is 11.8. The van der Waals surface area contributed by atoms with Crippen LogP contribution in [-0.4, -0.2) is 22.3 Å². The molecule has 4 heteroatoms. The molecule has 0 aliphatic heterocycles. The summed E-state index contributed by atoms with van der Waals surface area (Å²) in [5.41, 5.74) is 3.07. The summed E-state index contributed by atoms with van der Waals surface area (Å²) in [4.78, 5) is 23.5. The zero-order chi connectivity index (χ0) is 14.0. The number of carbonyl (C=O) groups excluding carboxylic acids is 2. The molecule has 0 bridgehead atoms. The maximum Gasteiger partial charge on any atom is 0.221 e. The van der Waals surface area contributed by atoms with E-state index in [0.717, 1.165) is 29.8 Å². The van der Waals surface area contributed by atoms with Crippen LogP contribution in [0.5, 0.6) is 0 Å². The minimum absolute atomic E-state index is 0.0685. The molecular weight excluding hydrogens is 240 g/mol. The third kappa shape index (κ3) is 3.06. The van der Waals surface area contributed by atoms with Crippen molar-refractivity contribution in [3.63, 3.8) is 0 Å². The molecule has 0 saturated heterocycles. The zero-order valence-electron chi connectivity index (χ0n) is 12.0. The fourth-order valence-corrected chi connectivity index (χ4v) is 2.71. The highest BCUT2D eigenvalue weighted by Gasteiger charge is 2.22. The molecule has 1 aromatic heterocycles. The second-order valence-electron chi connectivity index (χ2n) is 5.55. The third-order valence-corrected chi connectivity index (χ3v) is 3.55. The van der Waals surface area contributed by atoms with Gasteiger partial charge < -0.3 is 9.88 Å². The Hall–Kier alpha value is -1.58. The number of aryl methyl sites for hydroxylation is 1. The van der Waals surface area contributed by atoms with Crippen LogP contribution in [-0.2, 0) is 17.8 Å². The minimum Gasteiger partial charge on any atom is -0.354 e. The van der Waals surface area contributed by atoms with E-state index in [1.807, 2.05) is 26.8 Å². The summed E-state index contributed by atoms with van der Waals surface area (Å²) in [5.74, 6) is 0.314. The van der Waals surface area contributed by atoms with Crippen LogP contribution < -0.4 is 5.32 Å². The first kappa shape index (κ1) is 13.8. The molecule has 0 radical (unpaired) electrons. The van der Waals surface area contributed by atoms with Crippen molar-refractivity contribution in [1.82, 2.24) is 9.88 Å². The molecule has 1 amide bonds. The average molecular weight is 262 g/mol. The standard InChI is InChI=1S/C15H22N2O2/c1-10(2)16-15(19)7-8-17-11(3)9-12-13(17)5-4-6-14(12)18/h9-10H,4-8H2,1-3H3,(H,16,19). The quantitative estimate of drug-likeness (QED) is 0.904. The van der Waals surface area contributed by atoms with E-state index in [1.165, 1.54) is 0 Å². The van der Waals surface area contributed by atoms with Crippen molar-refractivity contribution in [3.05, 3.63) is 23.0 Å². The number of aromatic nitrogens is 1. The van der Waals surface area contributed by atoms with E-state index in [0.29, 0.717) is 19.4 Å². The van der Waals surface area contributed by atoms with E-state index >= 15 is 0 Å². The van der Waals surface area contributed by atoms with Gasteiger partial charge in [0.15, 0.2) is 5.78 Å². The van der Waals surface area contributed by atoms with Crippen LogP contribution in [0.3, 0.4) is 0 Å². The van der Waals surface area contributed by atoms with Crippen LogP contribution in [0, 0.1) is 6.92 Å². The molecule has 2 rings (SSSR count). The average Bonchev–Trinajstić information content (AvgIpc) is 2.63. The monoisotopic (exact) mass is 262 g/mol. The van der Waals surface area contributed by atoms with E-state index < -0.39 is 0 Å². The number of hydrogen-bond donors (Lipinski definition) is 1. The number of ketones is 1. The van der Waals surface area contributed by atoms with Crippen molar-refractivity contribution in [2.75, 3.05) is 0 Å². The topological polar surface area (TPSA) is 51.1 Å². The number of rotatable bonds is 4. The Balaban J connectivity index is 2.09. The van der Waals surface area contributed by atoms with Gasteiger partial charge in [-0.1, -0.05) is 0 Å². The van der Waals surface area contributed by atoms with Gasteiger partial charge in [0.05, 0.1) is 0 Å². The number of nitrogens with one attached hydrogen (secondary N) is 1. The predicted molar refractivity (Wildman–Crippen MR) is 74.3 cm³/mol. The lowest BCUT2D eigenvalue weighted by Gasteiger charge is -2.16. The van der Waals surface area contributed by atoms with Crippen LogP contribution in [0.15, 0.2) is 6.07 Å². The molecule has 0 saturated carbocycles. The summed E-state index contributed by atoms with van der Waals surface area (Å²) < 4.78 is 2.13. The van der Waals surface area contributed by atoms with E-state index in [-0.39, 0.29) is 17.7 Å². The SMILES string of the molecule is Cc1cc2c(n1CCC(=O)NC(C)C)CCCC2=O. The predicted octanol–water partition coefficient (Wildman–Crippen LogP) is 2.23. The summed E-state index contributed by atoms with van der Waals surface area (Å²) in [5, 5.41) is 2.89. The highest BCUT2D eigenvalue weighted by molar-refractivity contribution is 5.98. The van der Waals surface area contributed by atoms with Crippen LogP contribution >= 0.6 is 0 Å². The Morgan fingerprint density at radius 3 is 2.84 bits per heavy atom. The second-order valence-corrected chi connectivity index (χ2v) is 5.55. The zero-order valence-corrected chi connectivity index (χ0v) is 12.0. The third-order valence-electron chi connectivity index (χ3n) is 3.55. The molecule has 1 aliphatic carbocycles. The van der Waals surface area contributed by atoms with Crippen molar-refractivity contribution in [2.45, 2.75) is 59.0 Å². The smallest absolute Gasteiger partial charge is 0.221 e. The van der Waals surface area contributed by atoms with E-state index in [4.69, 9.17) is 0 Å². The normalized spacial score (nSPS) is 14.6. The van der Waals surface area contributed by atoms with Crippen molar-refractivity contribution < 1.29 is 9.59 Å². The second kappa shape index (κ2) is 5.59. The van der Waals surface area contributed by atoms with Gasteiger partial charge in [0, 0.05) is 42.4 Å². The molecule has 4 nitrogen and oxygen atoms in total. The van der Waals surface area contributed by atoms with E-state index in [2.05, 4.69) is 9.88 Å². The Morgan fingerprint density at radius 1 is 1.42 bits per heavy atom. The van der Waals surface area contributed by atoms with Crippen molar-refractivity contribution in [2.24, 2.45) is 0 Å². The number of carbonyl (C=O) groups is 2. The van der Waals surface area contributed by atoms with Gasteiger partial charge in [-0.3, -0.25) is 9.59 Å². The van der Waals surface area contributed by atoms with Gasteiger partial charge in [0.1, 0.15) is 0 Å². The highest BCUT2D eigenvalue weighted by atomic mass is 16.1. The van der Waals surface area contributed by atoms with Gasteiger partial charge in [0.25, 0.3) is 0 Å².